The van der Waals surface area contributed by atoms with Crippen molar-refractivity contribution in [3.8, 4) is 0 Å². The number of hydrogen-bond acceptors (Lipinski definition) is 3. The van der Waals surface area contributed by atoms with Crippen LogP contribution in [0.4, 0.5) is 4.79 Å². The van der Waals surface area contributed by atoms with E-state index in [4.69, 9.17) is 0 Å². The van der Waals surface area contributed by atoms with Crippen LogP contribution in [0.15, 0.2) is 0 Å². The molecule has 3 aliphatic rings. The fourth-order valence-corrected chi connectivity index (χ4v) is 4.78. The summed E-state index contributed by atoms with van der Waals surface area (Å²) < 4.78 is 0. The highest BCUT2D eigenvalue weighted by atomic mass is 16.3. The molecule has 2 N–H and O–H groups in total. The minimum absolute atomic E-state index is 0.0673. The van der Waals surface area contributed by atoms with Crippen molar-refractivity contribution in [1.82, 2.24) is 15.1 Å². The lowest BCUT2D eigenvalue weighted by Crippen LogP contribution is -2.49. The number of carbonyl (C=O) groups is 1. The van der Waals surface area contributed by atoms with Gasteiger partial charge in [0.15, 0.2) is 0 Å². The van der Waals surface area contributed by atoms with E-state index in [0.29, 0.717) is 12.6 Å². The van der Waals surface area contributed by atoms with Crippen molar-refractivity contribution in [3.05, 3.63) is 0 Å². The van der Waals surface area contributed by atoms with Crippen LogP contribution < -0.4 is 5.32 Å². The van der Waals surface area contributed by atoms with Crippen molar-refractivity contribution in [1.29, 1.82) is 0 Å². The summed E-state index contributed by atoms with van der Waals surface area (Å²) in [5, 5.41) is 12.5. The average molecular weight is 338 g/mol. The Kier molecular flexibility index (Phi) is 6.78. The van der Waals surface area contributed by atoms with Gasteiger partial charge in [-0.25, -0.2) is 4.79 Å². The number of nitrogens with one attached hydrogen (secondary N) is 1. The zero-order chi connectivity index (χ0) is 16.8. The molecule has 0 aromatic heterocycles. The van der Waals surface area contributed by atoms with Crippen molar-refractivity contribution < 1.29 is 9.90 Å². The number of nitrogens with zero attached hydrogens (tertiary/aromatic N) is 2. The molecule has 138 valence electrons. The van der Waals surface area contributed by atoms with E-state index < -0.39 is 0 Å². The molecule has 2 saturated heterocycles. The molecular formula is C19H35N3O2. The molecule has 5 nitrogen and oxygen atoms in total. The van der Waals surface area contributed by atoms with Gasteiger partial charge in [0.2, 0.25) is 0 Å². The number of likely N-dealkylation sites (tertiary alicyclic amines) is 2. The second-order valence-electron chi connectivity index (χ2n) is 8.12. The first-order chi connectivity index (χ1) is 11.8. The maximum atomic E-state index is 12.4. The van der Waals surface area contributed by atoms with Crippen LogP contribution in [0.25, 0.3) is 0 Å². The Morgan fingerprint density at radius 3 is 2.50 bits per heavy atom. The summed E-state index contributed by atoms with van der Waals surface area (Å²) in [7, 11) is 0. The number of amides is 2. The number of urea groups is 1. The number of piperidine rings is 1. The van der Waals surface area contributed by atoms with E-state index in [2.05, 4.69) is 10.2 Å². The van der Waals surface area contributed by atoms with Gasteiger partial charge < -0.3 is 15.3 Å². The third-order valence-corrected chi connectivity index (χ3v) is 6.27. The quantitative estimate of drug-likeness (QED) is 0.810. The normalized spacial score (nSPS) is 29.8. The molecule has 1 saturated carbocycles. The van der Waals surface area contributed by atoms with Gasteiger partial charge in [-0.1, -0.05) is 19.3 Å². The second kappa shape index (κ2) is 9.04. The number of aliphatic hydroxyl groups excluding tert-OH is 1. The Balaban J connectivity index is 1.42. The third kappa shape index (κ3) is 4.85. The van der Waals surface area contributed by atoms with Crippen LogP contribution in [0.1, 0.15) is 57.8 Å². The van der Waals surface area contributed by atoms with Gasteiger partial charge >= 0.3 is 6.03 Å². The van der Waals surface area contributed by atoms with Gasteiger partial charge in [-0.05, 0) is 56.9 Å². The predicted molar refractivity (Wildman–Crippen MR) is 96.0 cm³/mol. The van der Waals surface area contributed by atoms with Gasteiger partial charge in [0.1, 0.15) is 0 Å². The van der Waals surface area contributed by atoms with Crippen molar-refractivity contribution in [2.75, 3.05) is 39.3 Å². The zero-order valence-electron chi connectivity index (χ0n) is 15.1. The number of hydrogen-bond donors (Lipinski definition) is 2. The maximum Gasteiger partial charge on any atom is 0.317 e. The second-order valence-corrected chi connectivity index (χ2v) is 8.12. The van der Waals surface area contributed by atoms with Crippen LogP contribution in [0.2, 0.25) is 0 Å². The van der Waals surface area contributed by atoms with Gasteiger partial charge in [-0.15, -0.1) is 0 Å². The van der Waals surface area contributed by atoms with Crippen LogP contribution in [-0.2, 0) is 0 Å². The SMILES string of the molecule is O=C(NCC1CCCN1CC1CCCCC1)N1CCCC(CO)C1. The van der Waals surface area contributed by atoms with Crippen LogP contribution in [0, 0.1) is 11.8 Å². The number of carbonyl (C=O) groups excluding carboxylic acids is 1. The highest BCUT2D eigenvalue weighted by Crippen LogP contribution is 2.27. The third-order valence-electron chi connectivity index (χ3n) is 6.27. The van der Waals surface area contributed by atoms with E-state index in [1.54, 1.807) is 0 Å². The highest BCUT2D eigenvalue weighted by molar-refractivity contribution is 5.74. The molecule has 0 spiro atoms. The molecule has 0 radical (unpaired) electrons. The van der Waals surface area contributed by atoms with Crippen molar-refractivity contribution in [2.24, 2.45) is 11.8 Å². The van der Waals surface area contributed by atoms with E-state index in [1.807, 2.05) is 4.90 Å². The summed E-state index contributed by atoms with van der Waals surface area (Å²) in [5.74, 6) is 1.14. The summed E-state index contributed by atoms with van der Waals surface area (Å²) >= 11 is 0. The molecule has 0 aromatic carbocycles. The highest BCUT2D eigenvalue weighted by Gasteiger charge is 2.29. The lowest BCUT2D eigenvalue weighted by Gasteiger charge is -2.34. The monoisotopic (exact) mass is 337 g/mol. The molecule has 0 aromatic rings. The molecule has 2 heterocycles. The number of aliphatic hydroxyl groups is 1. The lowest BCUT2D eigenvalue weighted by molar-refractivity contribution is 0.127. The van der Waals surface area contributed by atoms with Crippen LogP contribution in [0.5, 0.6) is 0 Å². The maximum absolute atomic E-state index is 12.4. The van der Waals surface area contributed by atoms with Gasteiger partial charge in [0.25, 0.3) is 0 Å². The summed E-state index contributed by atoms with van der Waals surface area (Å²) in [4.78, 5) is 16.9. The Labute approximate surface area is 146 Å². The van der Waals surface area contributed by atoms with E-state index in [1.165, 1.54) is 58.0 Å². The van der Waals surface area contributed by atoms with E-state index in [0.717, 1.165) is 31.8 Å². The van der Waals surface area contributed by atoms with Crippen molar-refractivity contribution in [2.45, 2.75) is 63.8 Å². The van der Waals surface area contributed by atoms with Gasteiger partial charge in [-0.2, -0.15) is 0 Å². The Hall–Kier alpha value is -0.810. The zero-order valence-corrected chi connectivity index (χ0v) is 15.1. The van der Waals surface area contributed by atoms with Crippen molar-refractivity contribution >= 4 is 6.03 Å². The van der Waals surface area contributed by atoms with Gasteiger partial charge in [0, 0.05) is 38.8 Å². The fourth-order valence-electron chi connectivity index (χ4n) is 4.78. The van der Waals surface area contributed by atoms with Crippen LogP contribution >= 0.6 is 0 Å². The molecule has 24 heavy (non-hydrogen) atoms. The molecule has 2 amide bonds. The number of rotatable bonds is 5. The Morgan fingerprint density at radius 2 is 1.71 bits per heavy atom. The van der Waals surface area contributed by atoms with Gasteiger partial charge in [0.05, 0.1) is 0 Å². The fraction of sp³-hybridized carbons (Fsp3) is 0.947. The predicted octanol–water partition coefficient (Wildman–Crippen LogP) is 2.45. The minimum Gasteiger partial charge on any atom is -0.396 e. The molecule has 2 atom stereocenters. The molecule has 3 rings (SSSR count). The molecule has 2 aliphatic heterocycles. The van der Waals surface area contributed by atoms with Crippen LogP contribution in [0.3, 0.4) is 0 Å². The lowest BCUT2D eigenvalue weighted by atomic mass is 9.89. The summed E-state index contributed by atoms with van der Waals surface area (Å²) in [6, 6.07) is 0.590. The summed E-state index contributed by atoms with van der Waals surface area (Å²) in [6.45, 7) is 4.95. The first-order valence-electron chi connectivity index (χ1n) is 10.1. The van der Waals surface area contributed by atoms with Crippen molar-refractivity contribution in [3.63, 3.8) is 0 Å². The van der Waals surface area contributed by atoms with E-state index in [-0.39, 0.29) is 18.6 Å². The largest absolute Gasteiger partial charge is 0.396 e. The first-order valence-corrected chi connectivity index (χ1v) is 10.1. The molecule has 1 aliphatic carbocycles. The Morgan fingerprint density at radius 1 is 0.958 bits per heavy atom. The minimum atomic E-state index is 0.0673. The molecule has 3 fully saturated rings. The van der Waals surface area contributed by atoms with Gasteiger partial charge in [-0.3, -0.25) is 4.90 Å². The summed E-state index contributed by atoms with van der Waals surface area (Å²) in [6.07, 6.45) is 11.5. The van der Waals surface area contributed by atoms with Crippen LogP contribution in [-0.4, -0.2) is 66.3 Å². The molecule has 0 bridgehead atoms. The molecule has 2 unspecified atom stereocenters. The molecule has 5 heteroatoms. The first kappa shape index (κ1) is 18.0. The average Bonchev–Trinajstić information content (AvgIpc) is 3.07. The van der Waals surface area contributed by atoms with E-state index in [9.17, 15) is 9.90 Å². The topological polar surface area (TPSA) is 55.8 Å². The van der Waals surface area contributed by atoms with E-state index >= 15 is 0 Å². The smallest absolute Gasteiger partial charge is 0.317 e. The molecular weight excluding hydrogens is 302 g/mol. The standard InChI is InChI=1S/C19H35N3O2/c23-15-17-8-4-11-22(14-17)19(24)20-12-18-9-5-10-21(18)13-16-6-2-1-3-7-16/h16-18,23H,1-15H2,(H,20,24). The summed E-state index contributed by atoms with van der Waals surface area (Å²) in [5.41, 5.74) is 0. The Bertz CT molecular complexity index is 398.